The number of anilines is 1. The fourth-order valence-electron chi connectivity index (χ4n) is 2.44. The molecule has 1 heterocycles. The number of rotatable bonds is 3. The van der Waals surface area contributed by atoms with Gasteiger partial charge in [0.1, 0.15) is 12.4 Å². The van der Waals surface area contributed by atoms with Crippen LogP contribution in [0.5, 0.6) is 5.75 Å². The average Bonchev–Trinajstić information content (AvgIpc) is 2.47. The third kappa shape index (κ3) is 2.82. The van der Waals surface area contributed by atoms with Crippen molar-refractivity contribution in [1.82, 2.24) is 4.98 Å². The van der Waals surface area contributed by atoms with Crippen LogP contribution in [-0.2, 0) is 6.61 Å². The van der Waals surface area contributed by atoms with Crippen LogP contribution in [0.2, 0.25) is 0 Å². The van der Waals surface area contributed by atoms with E-state index in [1.807, 2.05) is 50.2 Å². The Morgan fingerprint density at radius 3 is 2.71 bits per heavy atom. The van der Waals surface area contributed by atoms with Crippen LogP contribution < -0.4 is 10.5 Å². The Morgan fingerprint density at radius 1 is 1.05 bits per heavy atom. The second kappa shape index (κ2) is 5.44. The molecule has 3 nitrogen and oxygen atoms in total. The first-order valence-corrected chi connectivity index (χ1v) is 6.97. The summed E-state index contributed by atoms with van der Waals surface area (Å²) in [6.45, 7) is 4.53. The molecule has 0 fully saturated rings. The van der Waals surface area contributed by atoms with Crippen molar-refractivity contribution in [2.45, 2.75) is 20.5 Å². The van der Waals surface area contributed by atoms with Gasteiger partial charge in [0, 0.05) is 28.4 Å². The van der Waals surface area contributed by atoms with Crippen LogP contribution in [0.1, 0.15) is 16.8 Å². The molecule has 0 spiro atoms. The number of ether oxygens (including phenoxy) is 1. The molecule has 0 unspecified atom stereocenters. The molecule has 0 saturated heterocycles. The first-order valence-electron chi connectivity index (χ1n) is 6.97. The van der Waals surface area contributed by atoms with Crippen molar-refractivity contribution >= 4 is 16.6 Å². The lowest BCUT2D eigenvalue weighted by Gasteiger charge is -2.12. The first-order chi connectivity index (χ1) is 10.1. The Hall–Kier alpha value is -2.55. The lowest BCUT2D eigenvalue weighted by molar-refractivity contribution is 0.305. The van der Waals surface area contributed by atoms with E-state index in [0.29, 0.717) is 12.3 Å². The first kappa shape index (κ1) is 13.4. The van der Waals surface area contributed by atoms with Crippen LogP contribution in [0.25, 0.3) is 10.9 Å². The lowest BCUT2D eigenvalue weighted by Crippen LogP contribution is -2.00. The van der Waals surface area contributed by atoms with Crippen LogP contribution in [0.3, 0.4) is 0 Å². The van der Waals surface area contributed by atoms with Gasteiger partial charge in [-0.05, 0) is 37.6 Å². The number of hydrogen-bond donors (Lipinski definition) is 1. The van der Waals surface area contributed by atoms with Gasteiger partial charge in [0.05, 0.1) is 5.52 Å². The Balaban J connectivity index is 1.93. The summed E-state index contributed by atoms with van der Waals surface area (Å²) in [4.78, 5) is 4.55. The van der Waals surface area contributed by atoms with E-state index >= 15 is 0 Å². The van der Waals surface area contributed by atoms with Gasteiger partial charge in [-0.1, -0.05) is 24.3 Å². The molecule has 0 atom stereocenters. The van der Waals surface area contributed by atoms with E-state index in [2.05, 4.69) is 17.1 Å². The lowest BCUT2D eigenvalue weighted by atomic mass is 10.1. The maximum Gasteiger partial charge on any atom is 0.124 e. The zero-order chi connectivity index (χ0) is 14.8. The van der Waals surface area contributed by atoms with Crippen LogP contribution in [0.15, 0.2) is 48.5 Å². The minimum atomic E-state index is 0.508. The second-order valence-corrected chi connectivity index (χ2v) is 5.25. The molecule has 0 aliphatic rings. The molecule has 106 valence electrons. The van der Waals surface area contributed by atoms with Gasteiger partial charge < -0.3 is 10.5 Å². The fourth-order valence-corrected chi connectivity index (χ4v) is 2.44. The van der Waals surface area contributed by atoms with Gasteiger partial charge in [-0.3, -0.25) is 4.98 Å². The summed E-state index contributed by atoms with van der Waals surface area (Å²) >= 11 is 0. The largest absolute Gasteiger partial charge is 0.489 e. The van der Waals surface area contributed by atoms with Gasteiger partial charge in [0.25, 0.3) is 0 Å². The van der Waals surface area contributed by atoms with E-state index in [0.717, 1.165) is 33.5 Å². The Kier molecular flexibility index (Phi) is 3.48. The molecule has 3 heteroatoms. The molecule has 0 aliphatic heterocycles. The molecular formula is C18H18N2O. The molecule has 0 radical (unpaired) electrons. The van der Waals surface area contributed by atoms with Crippen molar-refractivity contribution in [3.8, 4) is 5.75 Å². The number of pyridine rings is 1. The third-order valence-electron chi connectivity index (χ3n) is 3.53. The van der Waals surface area contributed by atoms with Gasteiger partial charge in [-0.25, -0.2) is 0 Å². The number of fused-ring (bicyclic) bond motifs is 1. The molecule has 21 heavy (non-hydrogen) atoms. The molecule has 0 bridgehead atoms. The number of hydrogen-bond acceptors (Lipinski definition) is 3. The number of aromatic nitrogens is 1. The monoisotopic (exact) mass is 278 g/mol. The zero-order valence-electron chi connectivity index (χ0n) is 12.3. The molecule has 0 saturated carbocycles. The van der Waals surface area contributed by atoms with Crippen molar-refractivity contribution in [2.24, 2.45) is 0 Å². The maximum absolute atomic E-state index is 5.96. The summed E-state index contributed by atoms with van der Waals surface area (Å²) < 4.78 is 5.96. The van der Waals surface area contributed by atoms with E-state index in [4.69, 9.17) is 10.5 Å². The highest BCUT2D eigenvalue weighted by molar-refractivity contribution is 5.82. The number of aryl methyl sites for hydroxylation is 2. The summed E-state index contributed by atoms with van der Waals surface area (Å²) in [5.41, 5.74) is 10.8. The molecule has 3 rings (SSSR count). The Labute approximate surface area is 124 Å². The summed E-state index contributed by atoms with van der Waals surface area (Å²) in [5.74, 6) is 0.827. The Morgan fingerprint density at radius 2 is 1.86 bits per heavy atom. The van der Waals surface area contributed by atoms with Gasteiger partial charge in [0.2, 0.25) is 0 Å². The molecule has 2 aromatic carbocycles. The normalized spacial score (nSPS) is 10.8. The highest BCUT2D eigenvalue weighted by Crippen LogP contribution is 2.24. The predicted molar refractivity (Wildman–Crippen MR) is 86.4 cm³/mol. The van der Waals surface area contributed by atoms with Gasteiger partial charge in [-0.2, -0.15) is 0 Å². The number of benzene rings is 2. The van der Waals surface area contributed by atoms with Gasteiger partial charge >= 0.3 is 0 Å². The second-order valence-electron chi connectivity index (χ2n) is 5.25. The smallest absolute Gasteiger partial charge is 0.124 e. The van der Waals surface area contributed by atoms with Crippen molar-refractivity contribution in [2.75, 3.05) is 5.73 Å². The van der Waals surface area contributed by atoms with Crippen molar-refractivity contribution < 1.29 is 4.74 Å². The van der Waals surface area contributed by atoms with Gasteiger partial charge in [-0.15, -0.1) is 0 Å². The molecule has 2 N–H and O–H groups in total. The maximum atomic E-state index is 5.96. The van der Waals surface area contributed by atoms with E-state index in [9.17, 15) is 0 Å². The molecular weight excluding hydrogens is 260 g/mol. The van der Waals surface area contributed by atoms with Crippen LogP contribution in [0, 0.1) is 13.8 Å². The highest BCUT2D eigenvalue weighted by atomic mass is 16.5. The van der Waals surface area contributed by atoms with Crippen LogP contribution in [0.4, 0.5) is 5.69 Å². The molecule has 1 aromatic heterocycles. The predicted octanol–water partition coefficient (Wildman–Crippen LogP) is 4.01. The number of nitrogens with two attached hydrogens (primary N) is 1. The van der Waals surface area contributed by atoms with Crippen LogP contribution in [-0.4, -0.2) is 4.98 Å². The number of nitrogens with zero attached hydrogens (tertiary/aromatic N) is 1. The average molecular weight is 278 g/mol. The van der Waals surface area contributed by atoms with E-state index < -0.39 is 0 Å². The minimum absolute atomic E-state index is 0.508. The van der Waals surface area contributed by atoms with E-state index in [-0.39, 0.29) is 0 Å². The summed E-state index contributed by atoms with van der Waals surface area (Å²) in [6, 6.07) is 15.9. The van der Waals surface area contributed by atoms with Crippen LogP contribution >= 0.6 is 0 Å². The van der Waals surface area contributed by atoms with Crippen molar-refractivity contribution in [3.63, 3.8) is 0 Å². The Bertz CT molecular complexity index is 796. The zero-order valence-corrected chi connectivity index (χ0v) is 12.3. The summed E-state index contributed by atoms with van der Waals surface area (Å²) in [5, 5.41) is 1.13. The minimum Gasteiger partial charge on any atom is -0.489 e. The highest BCUT2D eigenvalue weighted by Gasteiger charge is 2.06. The molecule has 3 aromatic rings. The standard InChI is InChI=1S/C18H18N2O/c1-12-7-8-15(19)10-18(12)21-11-14-9-13(2)20-17-6-4-3-5-16(14)17/h3-10H,11,19H2,1-2H3. The SMILES string of the molecule is Cc1cc(COc2cc(N)ccc2C)c2ccccc2n1. The number of nitrogen functional groups attached to an aromatic ring is 1. The van der Waals surface area contributed by atoms with Gasteiger partial charge in [0.15, 0.2) is 0 Å². The van der Waals surface area contributed by atoms with Crippen molar-refractivity contribution in [1.29, 1.82) is 0 Å². The molecule has 0 aliphatic carbocycles. The third-order valence-corrected chi connectivity index (χ3v) is 3.53. The summed E-state index contributed by atoms with van der Waals surface area (Å²) in [7, 11) is 0. The quantitative estimate of drug-likeness (QED) is 0.736. The van der Waals surface area contributed by atoms with E-state index in [1.165, 1.54) is 0 Å². The number of para-hydroxylation sites is 1. The topological polar surface area (TPSA) is 48.1 Å². The fraction of sp³-hybridized carbons (Fsp3) is 0.167. The summed E-state index contributed by atoms with van der Waals surface area (Å²) in [6.07, 6.45) is 0. The molecule has 0 amide bonds. The van der Waals surface area contributed by atoms with Crippen molar-refractivity contribution in [3.05, 3.63) is 65.4 Å². The van der Waals surface area contributed by atoms with E-state index in [1.54, 1.807) is 0 Å².